The minimum Gasteiger partial charge on any atom is -0.508 e. The fraction of sp³-hybridized carbons (Fsp3) is 0.345. The van der Waals surface area contributed by atoms with Crippen molar-refractivity contribution in [2.24, 2.45) is 5.73 Å². The minimum absolute atomic E-state index is 0.000573. The SMILES string of the molecule is NC(Cc1ccccc1)C(=O)NC(Cc1ccc(O)cc1)C(=O)N1CCCC1C(=O)NC(Cc1cnc[nH]1)C(=O)O. The molecule has 4 unspecified atom stereocenters. The molecule has 0 bridgehead atoms. The molecule has 3 amide bonds. The number of carboxylic acid groups (broad SMARTS) is 1. The maximum absolute atomic E-state index is 13.8. The maximum Gasteiger partial charge on any atom is 0.326 e. The number of aromatic amines is 1. The smallest absolute Gasteiger partial charge is 0.326 e. The van der Waals surface area contributed by atoms with Gasteiger partial charge in [-0.2, -0.15) is 0 Å². The van der Waals surface area contributed by atoms with Crippen LogP contribution in [-0.2, 0) is 38.4 Å². The monoisotopic (exact) mass is 562 g/mol. The standard InChI is InChI=1S/C29H34N6O6/c30-22(13-18-5-2-1-3-6-18)26(37)33-23(14-19-8-10-21(36)11-9-19)28(39)35-12-4-7-25(35)27(38)34-24(29(40)41)15-20-16-31-17-32-20/h1-3,5-6,8-11,16-17,22-25,36H,4,7,12-15,30H2,(H,31,32)(H,33,37)(H,34,38)(H,40,41). The summed E-state index contributed by atoms with van der Waals surface area (Å²) in [6, 6.07) is 11.5. The molecule has 41 heavy (non-hydrogen) atoms. The number of H-pyrrole nitrogens is 1. The quantitative estimate of drug-likeness (QED) is 0.184. The Morgan fingerprint density at radius 2 is 1.68 bits per heavy atom. The molecule has 0 spiro atoms. The maximum atomic E-state index is 13.8. The lowest BCUT2D eigenvalue weighted by Crippen LogP contribution is -2.57. The summed E-state index contributed by atoms with van der Waals surface area (Å²) >= 11 is 0. The number of phenolic OH excluding ortho intramolecular Hbond substituents is 1. The first kappa shape index (κ1) is 29.3. The lowest BCUT2D eigenvalue weighted by atomic mass is 10.0. The van der Waals surface area contributed by atoms with E-state index in [9.17, 15) is 29.4 Å². The molecule has 12 nitrogen and oxygen atoms in total. The predicted octanol–water partition coefficient (Wildman–Crippen LogP) is 0.516. The summed E-state index contributed by atoms with van der Waals surface area (Å²) < 4.78 is 0. The van der Waals surface area contributed by atoms with Gasteiger partial charge in [0, 0.05) is 31.3 Å². The topological polar surface area (TPSA) is 191 Å². The van der Waals surface area contributed by atoms with E-state index in [4.69, 9.17) is 5.73 Å². The number of imidazole rings is 1. The van der Waals surface area contributed by atoms with Crippen LogP contribution in [0.2, 0.25) is 0 Å². The van der Waals surface area contributed by atoms with Crippen molar-refractivity contribution in [1.82, 2.24) is 25.5 Å². The molecule has 216 valence electrons. The average Bonchev–Trinajstić information content (AvgIpc) is 3.66. The molecule has 0 radical (unpaired) electrons. The molecule has 7 N–H and O–H groups in total. The molecule has 4 rings (SSSR count). The van der Waals surface area contributed by atoms with Crippen LogP contribution >= 0.6 is 0 Å². The Labute approximate surface area is 237 Å². The number of likely N-dealkylation sites (tertiary alicyclic amines) is 1. The lowest BCUT2D eigenvalue weighted by Gasteiger charge is -2.30. The zero-order valence-corrected chi connectivity index (χ0v) is 22.4. The molecule has 3 aromatic rings. The number of aromatic nitrogens is 2. The van der Waals surface area contributed by atoms with E-state index in [2.05, 4.69) is 20.6 Å². The molecule has 1 aliphatic heterocycles. The normalized spacial score (nSPS) is 16.9. The Bertz CT molecular complexity index is 1330. The van der Waals surface area contributed by atoms with Gasteiger partial charge in [0.15, 0.2) is 0 Å². The predicted molar refractivity (Wildman–Crippen MR) is 148 cm³/mol. The van der Waals surface area contributed by atoms with E-state index in [0.29, 0.717) is 24.1 Å². The number of carbonyl (C=O) groups is 4. The summed E-state index contributed by atoms with van der Waals surface area (Å²) in [7, 11) is 0. The largest absolute Gasteiger partial charge is 0.508 e. The molecule has 12 heteroatoms. The zero-order valence-electron chi connectivity index (χ0n) is 22.4. The highest BCUT2D eigenvalue weighted by atomic mass is 16.4. The summed E-state index contributed by atoms with van der Waals surface area (Å²) in [6.07, 6.45) is 4.16. The van der Waals surface area contributed by atoms with Gasteiger partial charge in [0.1, 0.15) is 23.9 Å². The number of carbonyl (C=O) groups excluding carboxylic acids is 3. The van der Waals surface area contributed by atoms with Crippen LogP contribution in [0.1, 0.15) is 29.7 Å². The molecule has 0 aliphatic carbocycles. The van der Waals surface area contributed by atoms with Crippen LogP contribution in [0, 0.1) is 0 Å². The second-order valence-corrected chi connectivity index (χ2v) is 10.1. The highest BCUT2D eigenvalue weighted by Crippen LogP contribution is 2.21. The van der Waals surface area contributed by atoms with E-state index in [1.165, 1.54) is 29.6 Å². The van der Waals surface area contributed by atoms with Crippen molar-refractivity contribution in [3.8, 4) is 5.75 Å². The summed E-state index contributed by atoms with van der Waals surface area (Å²) in [4.78, 5) is 60.1. The van der Waals surface area contributed by atoms with Gasteiger partial charge in [-0.25, -0.2) is 9.78 Å². The fourth-order valence-electron chi connectivity index (χ4n) is 4.89. The van der Waals surface area contributed by atoms with Crippen LogP contribution in [0.25, 0.3) is 0 Å². The van der Waals surface area contributed by atoms with Gasteiger partial charge in [-0.3, -0.25) is 14.4 Å². The molecule has 1 fully saturated rings. The van der Waals surface area contributed by atoms with Gasteiger partial charge in [0.2, 0.25) is 17.7 Å². The second-order valence-electron chi connectivity index (χ2n) is 10.1. The lowest BCUT2D eigenvalue weighted by molar-refractivity contribution is -0.144. The number of phenols is 1. The number of carboxylic acids is 1. The number of aromatic hydroxyl groups is 1. The van der Waals surface area contributed by atoms with Gasteiger partial charge < -0.3 is 36.5 Å². The van der Waals surface area contributed by atoms with Crippen molar-refractivity contribution < 1.29 is 29.4 Å². The van der Waals surface area contributed by atoms with Crippen LogP contribution in [0.5, 0.6) is 5.75 Å². The number of hydrogen-bond acceptors (Lipinski definition) is 7. The molecule has 2 aromatic carbocycles. The molecule has 1 saturated heterocycles. The van der Waals surface area contributed by atoms with Crippen LogP contribution in [-0.4, -0.2) is 79.5 Å². The summed E-state index contributed by atoms with van der Waals surface area (Å²) in [5.74, 6) is -2.73. The first-order valence-electron chi connectivity index (χ1n) is 13.4. The Morgan fingerprint density at radius 1 is 0.976 bits per heavy atom. The third-order valence-electron chi connectivity index (χ3n) is 7.06. The molecule has 0 saturated carbocycles. The van der Waals surface area contributed by atoms with E-state index in [-0.39, 0.29) is 31.6 Å². The first-order chi connectivity index (χ1) is 19.7. The van der Waals surface area contributed by atoms with Gasteiger partial charge in [-0.05, 0) is 42.5 Å². The molecular formula is C29H34N6O6. The third kappa shape index (κ3) is 7.92. The molecule has 1 aliphatic rings. The summed E-state index contributed by atoms with van der Waals surface area (Å²) in [5.41, 5.74) is 8.28. The van der Waals surface area contributed by atoms with E-state index in [0.717, 1.165) is 5.56 Å². The van der Waals surface area contributed by atoms with E-state index in [1.54, 1.807) is 12.1 Å². The van der Waals surface area contributed by atoms with Crippen LogP contribution in [0.15, 0.2) is 67.1 Å². The van der Waals surface area contributed by atoms with Crippen LogP contribution in [0.3, 0.4) is 0 Å². The zero-order chi connectivity index (χ0) is 29.4. The van der Waals surface area contributed by atoms with Gasteiger partial charge in [0.05, 0.1) is 12.4 Å². The number of aliphatic carboxylic acids is 1. The summed E-state index contributed by atoms with van der Waals surface area (Å²) in [5, 5.41) is 24.6. The number of hydrogen-bond donors (Lipinski definition) is 6. The van der Waals surface area contributed by atoms with E-state index < -0.39 is 47.9 Å². The van der Waals surface area contributed by atoms with Crippen LogP contribution < -0.4 is 16.4 Å². The molecule has 2 heterocycles. The Balaban J connectivity index is 1.49. The third-order valence-corrected chi connectivity index (χ3v) is 7.06. The second kappa shape index (κ2) is 13.6. The number of rotatable bonds is 12. The van der Waals surface area contributed by atoms with Crippen molar-refractivity contribution >= 4 is 23.7 Å². The number of nitrogens with zero attached hydrogens (tertiary/aromatic N) is 2. The number of amides is 3. The van der Waals surface area contributed by atoms with E-state index >= 15 is 0 Å². The van der Waals surface area contributed by atoms with Crippen molar-refractivity contribution in [2.45, 2.75) is 56.3 Å². The van der Waals surface area contributed by atoms with Crippen molar-refractivity contribution in [2.75, 3.05) is 6.54 Å². The van der Waals surface area contributed by atoms with Crippen molar-refractivity contribution in [3.05, 3.63) is 83.9 Å². The van der Waals surface area contributed by atoms with E-state index in [1.807, 2.05) is 30.3 Å². The molecule has 1 aromatic heterocycles. The number of nitrogens with two attached hydrogens (primary N) is 1. The fourth-order valence-corrected chi connectivity index (χ4v) is 4.89. The van der Waals surface area contributed by atoms with Crippen molar-refractivity contribution in [1.29, 1.82) is 0 Å². The highest BCUT2D eigenvalue weighted by molar-refractivity contribution is 5.94. The van der Waals surface area contributed by atoms with Gasteiger partial charge in [0.25, 0.3) is 0 Å². The summed E-state index contributed by atoms with van der Waals surface area (Å²) in [6.45, 7) is 0.271. The Morgan fingerprint density at radius 3 is 2.34 bits per heavy atom. The van der Waals surface area contributed by atoms with Crippen LogP contribution in [0.4, 0.5) is 0 Å². The van der Waals surface area contributed by atoms with Gasteiger partial charge >= 0.3 is 5.97 Å². The minimum atomic E-state index is -1.22. The molecule has 4 atom stereocenters. The Kier molecular flexibility index (Phi) is 9.69. The number of nitrogens with one attached hydrogen (secondary N) is 3. The van der Waals surface area contributed by atoms with Crippen molar-refractivity contribution in [3.63, 3.8) is 0 Å². The highest BCUT2D eigenvalue weighted by Gasteiger charge is 2.39. The average molecular weight is 563 g/mol. The molecular weight excluding hydrogens is 528 g/mol. The Hall–Kier alpha value is -4.71. The van der Waals surface area contributed by atoms with Gasteiger partial charge in [-0.15, -0.1) is 0 Å². The van der Waals surface area contributed by atoms with Gasteiger partial charge in [-0.1, -0.05) is 42.5 Å². The number of benzene rings is 2. The first-order valence-corrected chi connectivity index (χ1v) is 13.4.